The molecule has 0 saturated heterocycles. The Kier molecular flexibility index (Phi) is 11.0. The van der Waals surface area contributed by atoms with E-state index in [4.69, 9.17) is 14.6 Å². The summed E-state index contributed by atoms with van der Waals surface area (Å²) in [4.78, 5) is 14.7. The SMILES string of the molecule is C1CC1.CCCC(C)(C)Cc1cc(COc2cccc(CCC(=O)O)c2F)c(F)cc1-c1cc(OC)ncc1F. The molecule has 40 heavy (non-hydrogen) atoms. The fourth-order valence-corrected chi connectivity index (χ4v) is 4.45. The highest BCUT2D eigenvalue weighted by Gasteiger charge is 2.23. The van der Waals surface area contributed by atoms with Gasteiger partial charge in [0.2, 0.25) is 5.88 Å². The van der Waals surface area contributed by atoms with Gasteiger partial charge in [-0.25, -0.2) is 18.2 Å². The molecule has 0 bridgehead atoms. The molecule has 1 fully saturated rings. The number of carboxylic acid groups (broad SMARTS) is 1. The highest BCUT2D eigenvalue weighted by atomic mass is 19.1. The number of carbonyl (C=O) groups is 1. The first-order valence-corrected chi connectivity index (χ1v) is 13.7. The van der Waals surface area contributed by atoms with E-state index < -0.39 is 23.4 Å². The van der Waals surface area contributed by atoms with Crippen molar-refractivity contribution in [3.63, 3.8) is 0 Å². The van der Waals surface area contributed by atoms with Crippen LogP contribution in [0.25, 0.3) is 11.1 Å². The number of carboxylic acids is 1. The fourth-order valence-electron chi connectivity index (χ4n) is 4.45. The number of aryl methyl sites for hydroxylation is 1. The van der Waals surface area contributed by atoms with E-state index in [2.05, 4.69) is 25.8 Å². The average Bonchev–Trinajstić information content (AvgIpc) is 3.79. The monoisotopic (exact) mass is 557 g/mol. The molecule has 0 spiro atoms. The van der Waals surface area contributed by atoms with Gasteiger partial charge in [-0.1, -0.05) is 58.6 Å². The van der Waals surface area contributed by atoms with Crippen molar-refractivity contribution in [3.05, 3.63) is 76.7 Å². The van der Waals surface area contributed by atoms with Crippen LogP contribution in [0.2, 0.25) is 0 Å². The summed E-state index contributed by atoms with van der Waals surface area (Å²) in [6.45, 7) is 6.02. The normalized spacial score (nSPS) is 12.4. The van der Waals surface area contributed by atoms with E-state index in [1.54, 1.807) is 12.1 Å². The predicted molar refractivity (Wildman–Crippen MR) is 149 cm³/mol. The topological polar surface area (TPSA) is 68.7 Å². The lowest BCUT2D eigenvalue weighted by molar-refractivity contribution is -0.136. The number of aromatic nitrogens is 1. The summed E-state index contributed by atoms with van der Waals surface area (Å²) in [6.07, 6.45) is 7.75. The maximum absolute atomic E-state index is 15.3. The van der Waals surface area contributed by atoms with Crippen molar-refractivity contribution in [2.75, 3.05) is 7.11 Å². The molecule has 1 heterocycles. The van der Waals surface area contributed by atoms with E-state index in [0.717, 1.165) is 24.6 Å². The van der Waals surface area contributed by atoms with Crippen molar-refractivity contribution >= 4 is 5.97 Å². The molecule has 5 nitrogen and oxygen atoms in total. The molecule has 0 atom stereocenters. The molecule has 0 unspecified atom stereocenters. The lowest BCUT2D eigenvalue weighted by atomic mass is 9.79. The van der Waals surface area contributed by atoms with Gasteiger partial charge in [0.05, 0.1) is 13.3 Å². The lowest BCUT2D eigenvalue weighted by Gasteiger charge is -2.26. The maximum Gasteiger partial charge on any atom is 0.303 e. The van der Waals surface area contributed by atoms with Gasteiger partial charge in [0.15, 0.2) is 11.6 Å². The minimum absolute atomic E-state index is 0.0129. The number of hydrogen-bond donors (Lipinski definition) is 1. The molecule has 0 amide bonds. The predicted octanol–water partition coefficient (Wildman–Crippen LogP) is 8.31. The number of benzene rings is 2. The van der Waals surface area contributed by atoms with Crippen LogP contribution in [-0.2, 0) is 24.2 Å². The summed E-state index contributed by atoms with van der Waals surface area (Å²) in [5.41, 5.74) is 1.56. The first-order chi connectivity index (χ1) is 19.0. The standard InChI is InChI=1S/C29H32F3NO4.C3H6/c1-5-11-29(2,3)15-19-12-20(17-37-25-8-6-7-18(28(25)32)9-10-27(34)35)23(30)13-21(19)22-14-26(36-4)33-16-24(22)31;1-2-3-1/h6-8,12-14,16H,5,9-11,15,17H2,1-4H3,(H,34,35);1-3H2. The van der Waals surface area contributed by atoms with Gasteiger partial charge in [-0.3, -0.25) is 4.79 Å². The van der Waals surface area contributed by atoms with Crippen molar-refractivity contribution in [2.24, 2.45) is 5.41 Å². The van der Waals surface area contributed by atoms with Gasteiger partial charge in [0.1, 0.15) is 18.2 Å². The molecule has 4 rings (SSSR count). The average molecular weight is 558 g/mol. The molecular formula is C32H38F3NO4. The smallest absolute Gasteiger partial charge is 0.303 e. The van der Waals surface area contributed by atoms with E-state index in [1.807, 2.05) is 0 Å². The Balaban J connectivity index is 0.00000137. The summed E-state index contributed by atoms with van der Waals surface area (Å²) in [6, 6.07) is 8.82. The molecule has 8 heteroatoms. The van der Waals surface area contributed by atoms with E-state index in [1.165, 1.54) is 50.6 Å². The number of ether oxygens (including phenoxy) is 2. The molecule has 216 valence electrons. The number of hydrogen-bond acceptors (Lipinski definition) is 4. The van der Waals surface area contributed by atoms with Crippen molar-refractivity contribution in [1.29, 1.82) is 0 Å². The highest BCUT2D eigenvalue weighted by Crippen LogP contribution is 2.36. The van der Waals surface area contributed by atoms with Crippen LogP contribution < -0.4 is 9.47 Å². The molecule has 1 N–H and O–H groups in total. The van der Waals surface area contributed by atoms with Crippen LogP contribution in [0.15, 0.2) is 42.6 Å². The van der Waals surface area contributed by atoms with Gasteiger partial charge in [0.25, 0.3) is 0 Å². The van der Waals surface area contributed by atoms with E-state index in [9.17, 15) is 13.6 Å². The molecule has 0 radical (unpaired) electrons. The zero-order valence-electron chi connectivity index (χ0n) is 23.7. The Morgan fingerprint density at radius 2 is 1.73 bits per heavy atom. The Morgan fingerprint density at radius 3 is 2.35 bits per heavy atom. The number of nitrogens with zero attached hydrogens (tertiary/aromatic N) is 1. The molecule has 1 aliphatic carbocycles. The van der Waals surface area contributed by atoms with Crippen LogP contribution in [0.4, 0.5) is 13.2 Å². The first-order valence-electron chi connectivity index (χ1n) is 13.7. The zero-order valence-corrected chi connectivity index (χ0v) is 23.7. The minimum atomic E-state index is -1.03. The Hall–Kier alpha value is -3.55. The third-order valence-corrected chi connectivity index (χ3v) is 6.59. The summed E-state index contributed by atoms with van der Waals surface area (Å²) >= 11 is 0. The van der Waals surface area contributed by atoms with Crippen LogP contribution in [0.5, 0.6) is 11.6 Å². The Bertz CT molecular complexity index is 1300. The largest absolute Gasteiger partial charge is 0.486 e. The van der Waals surface area contributed by atoms with E-state index >= 15 is 4.39 Å². The number of methoxy groups -OCH3 is 1. The van der Waals surface area contributed by atoms with Crippen LogP contribution in [0.3, 0.4) is 0 Å². The zero-order chi connectivity index (χ0) is 29.3. The summed E-state index contributed by atoms with van der Waals surface area (Å²) in [7, 11) is 1.42. The van der Waals surface area contributed by atoms with Gasteiger partial charge >= 0.3 is 5.97 Å². The van der Waals surface area contributed by atoms with Crippen LogP contribution in [0.1, 0.15) is 76.0 Å². The Labute approximate surface area is 234 Å². The van der Waals surface area contributed by atoms with Crippen molar-refractivity contribution in [3.8, 4) is 22.8 Å². The number of pyridine rings is 1. The summed E-state index contributed by atoms with van der Waals surface area (Å²) in [5.74, 6) is -2.81. The molecule has 1 saturated carbocycles. The van der Waals surface area contributed by atoms with E-state index in [0.29, 0.717) is 12.0 Å². The van der Waals surface area contributed by atoms with Crippen molar-refractivity contribution < 1.29 is 32.5 Å². The third-order valence-electron chi connectivity index (χ3n) is 6.59. The second kappa shape index (κ2) is 14.2. The fraction of sp³-hybridized carbons (Fsp3) is 0.438. The van der Waals surface area contributed by atoms with Crippen LogP contribution in [0, 0.1) is 22.9 Å². The van der Waals surface area contributed by atoms with Gasteiger partial charge in [-0.2, -0.15) is 0 Å². The molecule has 1 aliphatic rings. The first kappa shape index (κ1) is 31.0. The molecule has 0 aliphatic heterocycles. The third kappa shape index (κ3) is 9.00. The molecule has 1 aromatic heterocycles. The minimum Gasteiger partial charge on any atom is -0.486 e. The van der Waals surface area contributed by atoms with Crippen molar-refractivity contribution in [1.82, 2.24) is 4.98 Å². The second-order valence-corrected chi connectivity index (χ2v) is 10.9. The summed E-state index contributed by atoms with van der Waals surface area (Å²) in [5, 5.41) is 8.88. The number of halogens is 3. The lowest BCUT2D eigenvalue weighted by Crippen LogP contribution is -2.16. The molecule has 3 aromatic rings. The summed E-state index contributed by atoms with van der Waals surface area (Å²) < 4.78 is 55.7. The number of aliphatic carboxylic acids is 1. The number of rotatable bonds is 12. The quantitative estimate of drug-likeness (QED) is 0.243. The van der Waals surface area contributed by atoms with Gasteiger partial charge in [-0.05, 0) is 59.6 Å². The molecular weight excluding hydrogens is 519 g/mol. The van der Waals surface area contributed by atoms with E-state index in [-0.39, 0.29) is 53.2 Å². The van der Waals surface area contributed by atoms with Crippen molar-refractivity contribution in [2.45, 2.75) is 78.7 Å². The second-order valence-electron chi connectivity index (χ2n) is 10.9. The van der Waals surface area contributed by atoms with Gasteiger partial charge < -0.3 is 14.6 Å². The van der Waals surface area contributed by atoms with Gasteiger partial charge in [0, 0.05) is 23.6 Å². The van der Waals surface area contributed by atoms with Crippen LogP contribution >= 0.6 is 0 Å². The van der Waals surface area contributed by atoms with Crippen LogP contribution in [-0.4, -0.2) is 23.2 Å². The van der Waals surface area contributed by atoms with Gasteiger partial charge in [-0.15, -0.1) is 0 Å². The highest BCUT2D eigenvalue weighted by molar-refractivity contribution is 5.69. The maximum atomic E-state index is 15.3. The molecule has 2 aromatic carbocycles. The Morgan fingerprint density at radius 1 is 1.00 bits per heavy atom.